The lowest BCUT2D eigenvalue weighted by Crippen LogP contribution is -2.17. The van der Waals surface area contributed by atoms with Crippen LogP contribution in [0.3, 0.4) is 0 Å². The molecule has 0 spiro atoms. The molecule has 0 aliphatic rings. The second-order valence-electron chi connectivity index (χ2n) is 4.68. The summed E-state index contributed by atoms with van der Waals surface area (Å²) in [6, 6.07) is 3.72. The number of alkyl halides is 3. The van der Waals surface area contributed by atoms with Gasteiger partial charge in [-0.2, -0.15) is 5.21 Å². The number of carboxylic acid groups (broad SMARTS) is 1. The van der Waals surface area contributed by atoms with Gasteiger partial charge in [-0.3, -0.25) is 0 Å². The molecule has 0 aliphatic carbocycles. The predicted molar refractivity (Wildman–Crippen MR) is 85.9 cm³/mol. The average Bonchev–Trinajstić information content (AvgIpc) is 3.18. The van der Waals surface area contributed by atoms with E-state index in [-0.39, 0.29) is 16.5 Å². The van der Waals surface area contributed by atoms with E-state index in [4.69, 9.17) is 16.7 Å². The first-order valence-electron chi connectivity index (χ1n) is 6.65. The van der Waals surface area contributed by atoms with Gasteiger partial charge in [0, 0.05) is 10.9 Å². The van der Waals surface area contributed by atoms with Crippen LogP contribution in [0.4, 0.5) is 24.1 Å². The third-order valence-electron chi connectivity index (χ3n) is 2.93. The van der Waals surface area contributed by atoms with Crippen LogP contribution in [-0.2, 0) is 0 Å². The van der Waals surface area contributed by atoms with Crippen molar-refractivity contribution in [3.05, 3.63) is 34.3 Å². The van der Waals surface area contributed by atoms with Crippen LogP contribution in [-0.4, -0.2) is 37.8 Å². The van der Waals surface area contributed by atoms with Crippen molar-refractivity contribution in [2.75, 3.05) is 5.32 Å². The number of halogens is 4. The highest BCUT2D eigenvalue weighted by Crippen LogP contribution is 2.35. The van der Waals surface area contributed by atoms with Crippen molar-refractivity contribution < 1.29 is 27.8 Å². The number of rotatable bonds is 5. The second kappa shape index (κ2) is 6.80. The molecule has 0 bridgehead atoms. The Balaban J connectivity index is 1.80. The number of benzene rings is 1. The lowest BCUT2D eigenvalue weighted by atomic mass is 10.2. The van der Waals surface area contributed by atoms with Crippen molar-refractivity contribution in [3.63, 3.8) is 0 Å². The molecule has 3 N–H and O–H groups in total. The quantitative estimate of drug-likeness (QED) is 0.589. The number of carboxylic acids is 1. The number of aromatic carboxylic acids is 1. The number of aromatic nitrogens is 4. The fraction of sp³-hybridized carbons (Fsp3) is 0.0769. The van der Waals surface area contributed by atoms with E-state index in [1.807, 2.05) is 0 Å². The summed E-state index contributed by atoms with van der Waals surface area (Å²) in [5.74, 6) is -1.82. The van der Waals surface area contributed by atoms with Gasteiger partial charge in [0.15, 0.2) is 10.9 Å². The number of H-pyrrole nitrogens is 1. The summed E-state index contributed by atoms with van der Waals surface area (Å²) >= 11 is 6.94. The molecule has 8 nitrogen and oxygen atoms in total. The Morgan fingerprint density at radius 2 is 2.12 bits per heavy atom. The van der Waals surface area contributed by atoms with E-state index in [9.17, 15) is 18.0 Å². The topological polar surface area (TPSA) is 113 Å². The summed E-state index contributed by atoms with van der Waals surface area (Å²) in [7, 11) is 0. The van der Waals surface area contributed by atoms with Crippen LogP contribution in [0.1, 0.15) is 10.5 Å². The van der Waals surface area contributed by atoms with Crippen molar-refractivity contribution in [1.82, 2.24) is 20.4 Å². The minimum absolute atomic E-state index is 0.0228. The summed E-state index contributed by atoms with van der Waals surface area (Å²) in [5, 5.41) is 22.7. The van der Waals surface area contributed by atoms with Gasteiger partial charge in [-0.05, 0) is 18.2 Å². The van der Waals surface area contributed by atoms with E-state index < -0.39 is 18.1 Å². The normalized spacial score (nSPS) is 11.4. The Kier molecular flexibility index (Phi) is 4.70. The zero-order chi connectivity index (χ0) is 18.9. The standard InChI is InChI=1S/C13H7ClF3N5O3S/c14-6-3-5(1-2-8(6)25-13(15,16)17)7-4-26-12(18-7)19-10-9(11(23)24)20-22-21-10/h1-4H,(H,23,24)(H2,18,19,20,21,22). The molecule has 136 valence electrons. The number of ether oxygens (including phenoxy) is 1. The molecule has 3 rings (SSSR count). The molecule has 0 unspecified atom stereocenters. The third kappa shape index (κ3) is 4.03. The molecule has 2 heterocycles. The maximum absolute atomic E-state index is 12.3. The number of nitrogens with zero attached hydrogens (tertiary/aromatic N) is 3. The molecular weight excluding hydrogens is 399 g/mol. The Labute approximate surface area is 151 Å². The fourth-order valence-corrected chi connectivity index (χ4v) is 2.84. The zero-order valence-electron chi connectivity index (χ0n) is 12.3. The largest absolute Gasteiger partial charge is 0.573 e. The molecule has 2 aromatic heterocycles. The van der Waals surface area contributed by atoms with E-state index >= 15 is 0 Å². The van der Waals surface area contributed by atoms with E-state index in [1.54, 1.807) is 5.38 Å². The minimum atomic E-state index is -4.84. The number of hydrogen-bond donors (Lipinski definition) is 3. The van der Waals surface area contributed by atoms with Gasteiger partial charge in [0.2, 0.25) is 5.69 Å². The first kappa shape index (κ1) is 17.9. The van der Waals surface area contributed by atoms with Gasteiger partial charge in [0.1, 0.15) is 5.75 Å². The van der Waals surface area contributed by atoms with Crippen molar-refractivity contribution in [1.29, 1.82) is 0 Å². The molecule has 0 fully saturated rings. The van der Waals surface area contributed by atoms with Crippen LogP contribution < -0.4 is 10.1 Å². The Morgan fingerprint density at radius 3 is 2.77 bits per heavy atom. The number of thiazole rings is 1. The van der Waals surface area contributed by atoms with Gasteiger partial charge in [-0.1, -0.05) is 11.6 Å². The van der Waals surface area contributed by atoms with Gasteiger partial charge in [-0.15, -0.1) is 34.7 Å². The molecule has 0 saturated heterocycles. The van der Waals surface area contributed by atoms with Gasteiger partial charge in [0.05, 0.1) is 10.7 Å². The van der Waals surface area contributed by atoms with Gasteiger partial charge < -0.3 is 15.2 Å². The zero-order valence-corrected chi connectivity index (χ0v) is 13.9. The predicted octanol–water partition coefficient (Wildman–Crippen LogP) is 3.92. The molecule has 26 heavy (non-hydrogen) atoms. The van der Waals surface area contributed by atoms with Gasteiger partial charge >= 0.3 is 12.3 Å². The maximum Gasteiger partial charge on any atom is 0.573 e. The lowest BCUT2D eigenvalue weighted by Gasteiger charge is -2.10. The van der Waals surface area contributed by atoms with E-state index in [2.05, 4.69) is 30.4 Å². The Morgan fingerprint density at radius 1 is 1.35 bits per heavy atom. The molecule has 3 aromatic rings. The number of hydrogen-bond acceptors (Lipinski definition) is 7. The first-order valence-corrected chi connectivity index (χ1v) is 7.91. The molecule has 0 amide bonds. The monoisotopic (exact) mass is 405 g/mol. The summed E-state index contributed by atoms with van der Waals surface area (Å²) in [5.41, 5.74) is 0.559. The van der Waals surface area contributed by atoms with Crippen LogP contribution in [0.2, 0.25) is 5.02 Å². The van der Waals surface area contributed by atoms with E-state index in [0.717, 1.165) is 17.4 Å². The third-order valence-corrected chi connectivity index (χ3v) is 3.99. The smallest absolute Gasteiger partial charge is 0.476 e. The van der Waals surface area contributed by atoms with Gasteiger partial charge in [0.25, 0.3) is 0 Å². The number of carbonyl (C=O) groups is 1. The van der Waals surface area contributed by atoms with Crippen LogP contribution in [0.5, 0.6) is 5.75 Å². The fourth-order valence-electron chi connectivity index (χ4n) is 1.90. The molecule has 13 heteroatoms. The highest BCUT2D eigenvalue weighted by molar-refractivity contribution is 7.14. The number of anilines is 2. The highest BCUT2D eigenvalue weighted by atomic mass is 35.5. The van der Waals surface area contributed by atoms with Crippen molar-refractivity contribution in [2.24, 2.45) is 0 Å². The second-order valence-corrected chi connectivity index (χ2v) is 5.95. The van der Waals surface area contributed by atoms with Crippen LogP contribution in [0, 0.1) is 0 Å². The van der Waals surface area contributed by atoms with Crippen molar-refractivity contribution >= 4 is 39.9 Å². The highest BCUT2D eigenvalue weighted by Gasteiger charge is 2.32. The molecular formula is C13H7ClF3N5O3S. The van der Waals surface area contributed by atoms with E-state index in [0.29, 0.717) is 16.4 Å². The van der Waals surface area contributed by atoms with Gasteiger partial charge in [-0.25, -0.2) is 9.78 Å². The molecule has 0 aliphatic heterocycles. The average molecular weight is 406 g/mol. The SMILES string of the molecule is O=C(O)c1n[nH]nc1Nc1nc(-c2ccc(OC(F)(F)F)c(Cl)c2)cs1. The summed E-state index contributed by atoms with van der Waals surface area (Å²) in [4.78, 5) is 15.2. The molecule has 0 saturated carbocycles. The number of nitrogens with one attached hydrogen (secondary N) is 2. The summed E-state index contributed by atoms with van der Waals surface area (Å²) in [6.07, 6.45) is -4.84. The Bertz CT molecular complexity index is 959. The van der Waals surface area contributed by atoms with Crippen LogP contribution in [0.15, 0.2) is 23.6 Å². The van der Waals surface area contributed by atoms with E-state index in [1.165, 1.54) is 12.1 Å². The number of aromatic amines is 1. The van der Waals surface area contributed by atoms with Crippen molar-refractivity contribution in [2.45, 2.75) is 6.36 Å². The van der Waals surface area contributed by atoms with Crippen LogP contribution in [0.25, 0.3) is 11.3 Å². The summed E-state index contributed by atoms with van der Waals surface area (Å²) in [6.45, 7) is 0. The lowest BCUT2D eigenvalue weighted by molar-refractivity contribution is -0.274. The molecule has 0 radical (unpaired) electrons. The maximum atomic E-state index is 12.3. The molecule has 0 atom stereocenters. The Hall–Kier alpha value is -2.86. The minimum Gasteiger partial charge on any atom is -0.476 e. The van der Waals surface area contributed by atoms with Crippen molar-refractivity contribution in [3.8, 4) is 17.0 Å². The molecule has 1 aromatic carbocycles. The first-order chi connectivity index (χ1) is 12.2. The summed E-state index contributed by atoms with van der Waals surface area (Å²) < 4.78 is 40.6. The van der Waals surface area contributed by atoms with Crippen LogP contribution >= 0.6 is 22.9 Å².